The molecule has 2 aromatic rings. The lowest BCUT2D eigenvalue weighted by Crippen LogP contribution is -2.14. The Bertz CT molecular complexity index is 538. The third kappa shape index (κ3) is 1.19. The highest BCUT2D eigenvalue weighted by atomic mass is 79.9. The third-order valence-corrected chi connectivity index (χ3v) is 2.99. The molecule has 76 valence electrons. The van der Waals surface area contributed by atoms with E-state index in [1.165, 1.54) is 6.07 Å². The van der Waals surface area contributed by atoms with E-state index in [0.717, 1.165) is 4.60 Å². The van der Waals surface area contributed by atoms with Gasteiger partial charge in [-0.25, -0.2) is 9.37 Å². The maximum atomic E-state index is 13.6. The van der Waals surface area contributed by atoms with Crippen molar-refractivity contribution in [3.8, 4) is 17.1 Å². The largest absolute Gasteiger partial charge is 0.472 e. The lowest BCUT2D eigenvalue weighted by molar-refractivity contribution is 0.226. The van der Waals surface area contributed by atoms with Crippen molar-refractivity contribution in [3.63, 3.8) is 0 Å². The van der Waals surface area contributed by atoms with Gasteiger partial charge in [-0.2, -0.15) is 0 Å². The first-order valence-corrected chi connectivity index (χ1v) is 5.19. The van der Waals surface area contributed by atoms with Crippen molar-refractivity contribution in [3.05, 3.63) is 34.8 Å². The molecule has 0 N–H and O–H groups in total. The van der Waals surface area contributed by atoms with Crippen molar-refractivity contribution in [2.75, 3.05) is 0 Å². The van der Waals surface area contributed by atoms with Gasteiger partial charge in [0.05, 0.1) is 11.8 Å². The fourth-order valence-electron chi connectivity index (χ4n) is 1.65. The van der Waals surface area contributed by atoms with Gasteiger partial charge in [-0.1, -0.05) is 6.07 Å². The highest BCUT2D eigenvalue weighted by Crippen LogP contribution is 2.36. The minimum atomic E-state index is -0.313. The predicted octanol–water partition coefficient (Wildman–Crippen LogP) is 2.80. The molecule has 1 aromatic heterocycles. The second kappa shape index (κ2) is 3.06. The molecule has 0 bridgehead atoms. The first kappa shape index (κ1) is 8.91. The van der Waals surface area contributed by atoms with E-state index in [1.54, 1.807) is 22.9 Å². The summed E-state index contributed by atoms with van der Waals surface area (Å²) in [5, 5.41) is 0. The molecule has 3 rings (SSSR count). The summed E-state index contributed by atoms with van der Waals surface area (Å²) in [6.07, 6.45) is 1.64. The number of aromatic nitrogens is 2. The van der Waals surface area contributed by atoms with Crippen LogP contribution in [-0.2, 0) is 6.73 Å². The Morgan fingerprint density at radius 2 is 2.33 bits per heavy atom. The highest BCUT2D eigenvalue weighted by Gasteiger charge is 2.23. The molecular formula is C10H6BrFN2O. The minimum absolute atomic E-state index is 0.313. The van der Waals surface area contributed by atoms with Crippen molar-refractivity contribution in [2.24, 2.45) is 0 Å². The molecule has 1 aliphatic heterocycles. The van der Waals surface area contributed by atoms with Crippen LogP contribution in [0, 0.1) is 5.82 Å². The van der Waals surface area contributed by atoms with Crippen LogP contribution in [0.2, 0.25) is 0 Å². The van der Waals surface area contributed by atoms with Gasteiger partial charge >= 0.3 is 0 Å². The van der Waals surface area contributed by atoms with Gasteiger partial charge in [0.1, 0.15) is 22.0 Å². The molecule has 0 radical (unpaired) electrons. The molecule has 0 spiro atoms. The molecule has 0 atom stereocenters. The van der Waals surface area contributed by atoms with Gasteiger partial charge in [0, 0.05) is 0 Å². The minimum Gasteiger partial charge on any atom is -0.472 e. The molecule has 5 heteroatoms. The first-order chi connectivity index (χ1) is 7.27. The second-order valence-electron chi connectivity index (χ2n) is 3.22. The van der Waals surface area contributed by atoms with Gasteiger partial charge < -0.3 is 4.74 Å². The SMILES string of the molecule is Fc1cccc2c1-c1ncc(Br)n1CO2. The number of hydrogen-bond donors (Lipinski definition) is 0. The topological polar surface area (TPSA) is 27.1 Å². The van der Waals surface area contributed by atoms with Gasteiger partial charge in [-0.3, -0.25) is 4.57 Å². The summed E-state index contributed by atoms with van der Waals surface area (Å²) in [4.78, 5) is 4.15. The third-order valence-electron chi connectivity index (χ3n) is 2.36. The zero-order valence-corrected chi connectivity index (χ0v) is 9.16. The second-order valence-corrected chi connectivity index (χ2v) is 4.03. The van der Waals surface area contributed by atoms with Crippen molar-refractivity contribution in [1.82, 2.24) is 9.55 Å². The van der Waals surface area contributed by atoms with E-state index in [1.807, 2.05) is 0 Å². The number of hydrogen-bond acceptors (Lipinski definition) is 2. The molecule has 0 amide bonds. The molecule has 2 heterocycles. The van der Waals surface area contributed by atoms with Crippen LogP contribution in [-0.4, -0.2) is 9.55 Å². The van der Waals surface area contributed by atoms with Crippen molar-refractivity contribution >= 4 is 15.9 Å². The summed E-state index contributed by atoms with van der Waals surface area (Å²) in [7, 11) is 0. The number of imidazole rings is 1. The molecule has 0 aliphatic carbocycles. The maximum Gasteiger partial charge on any atom is 0.167 e. The zero-order valence-electron chi connectivity index (χ0n) is 7.58. The van der Waals surface area contributed by atoms with E-state index >= 15 is 0 Å². The van der Waals surface area contributed by atoms with E-state index in [-0.39, 0.29) is 5.82 Å². The first-order valence-electron chi connectivity index (χ1n) is 4.40. The number of fused-ring (bicyclic) bond motifs is 3. The summed E-state index contributed by atoms with van der Waals surface area (Å²) in [6.45, 7) is 0.354. The Hall–Kier alpha value is -1.36. The Kier molecular flexibility index (Phi) is 1.82. The van der Waals surface area contributed by atoms with Gasteiger partial charge in [-0.15, -0.1) is 0 Å². The van der Waals surface area contributed by atoms with E-state index in [0.29, 0.717) is 23.9 Å². The van der Waals surface area contributed by atoms with Crippen LogP contribution in [0.25, 0.3) is 11.4 Å². The van der Waals surface area contributed by atoms with Crippen molar-refractivity contribution in [1.29, 1.82) is 0 Å². The van der Waals surface area contributed by atoms with E-state index < -0.39 is 0 Å². The van der Waals surface area contributed by atoms with Crippen LogP contribution in [0.15, 0.2) is 29.0 Å². The molecule has 0 saturated carbocycles. The lowest BCUT2D eigenvalue weighted by Gasteiger charge is -2.19. The molecular weight excluding hydrogens is 263 g/mol. The average Bonchev–Trinajstić information content (AvgIpc) is 2.61. The number of ether oxygens (including phenoxy) is 1. The van der Waals surface area contributed by atoms with Gasteiger partial charge in [0.15, 0.2) is 6.73 Å². The Morgan fingerprint density at radius 1 is 1.47 bits per heavy atom. The lowest BCUT2D eigenvalue weighted by atomic mass is 10.1. The fourth-order valence-corrected chi connectivity index (χ4v) is 2.03. The Labute approximate surface area is 93.6 Å². The summed E-state index contributed by atoms with van der Waals surface area (Å²) in [5.74, 6) is 0.827. The van der Waals surface area contributed by atoms with Crippen LogP contribution < -0.4 is 4.74 Å². The smallest absolute Gasteiger partial charge is 0.167 e. The molecule has 0 unspecified atom stereocenters. The van der Waals surface area contributed by atoms with Crippen molar-refractivity contribution in [2.45, 2.75) is 6.73 Å². The Morgan fingerprint density at radius 3 is 3.20 bits per heavy atom. The zero-order chi connectivity index (χ0) is 10.4. The summed E-state index contributed by atoms with van der Waals surface area (Å²) in [6, 6.07) is 4.77. The van der Waals surface area contributed by atoms with E-state index in [4.69, 9.17) is 4.74 Å². The van der Waals surface area contributed by atoms with E-state index in [9.17, 15) is 4.39 Å². The standard InChI is InChI=1S/C10H6BrFN2O/c11-8-4-13-10-9-6(12)2-1-3-7(9)15-5-14(8)10/h1-4H,5H2. The molecule has 15 heavy (non-hydrogen) atoms. The van der Waals surface area contributed by atoms with E-state index in [2.05, 4.69) is 20.9 Å². The number of rotatable bonds is 0. The number of benzene rings is 1. The fraction of sp³-hybridized carbons (Fsp3) is 0.100. The molecule has 0 saturated heterocycles. The highest BCUT2D eigenvalue weighted by molar-refractivity contribution is 9.10. The molecule has 1 aromatic carbocycles. The summed E-state index contributed by atoms with van der Waals surface area (Å²) >= 11 is 3.33. The van der Waals surface area contributed by atoms with Crippen LogP contribution in [0.4, 0.5) is 4.39 Å². The molecule has 1 aliphatic rings. The predicted molar refractivity (Wildman–Crippen MR) is 55.9 cm³/mol. The number of halogens is 2. The molecule has 0 fully saturated rings. The molecule has 3 nitrogen and oxygen atoms in total. The number of nitrogens with zero attached hydrogens (tertiary/aromatic N) is 2. The van der Waals surface area contributed by atoms with Gasteiger partial charge in [0.2, 0.25) is 0 Å². The van der Waals surface area contributed by atoms with Gasteiger partial charge in [0.25, 0.3) is 0 Å². The normalized spacial score (nSPS) is 12.9. The van der Waals surface area contributed by atoms with Gasteiger partial charge in [-0.05, 0) is 28.1 Å². The quantitative estimate of drug-likeness (QED) is 0.735. The van der Waals surface area contributed by atoms with Crippen LogP contribution in [0.5, 0.6) is 5.75 Å². The maximum absolute atomic E-state index is 13.6. The van der Waals surface area contributed by atoms with Crippen LogP contribution in [0.1, 0.15) is 0 Å². The van der Waals surface area contributed by atoms with Crippen molar-refractivity contribution < 1.29 is 9.13 Å². The van der Waals surface area contributed by atoms with Crippen LogP contribution >= 0.6 is 15.9 Å². The summed E-state index contributed by atoms with van der Waals surface area (Å²) in [5.41, 5.74) is 0.425. The average molecular weight is 269 g/mol. The Balaban J connectivity index is 2.33. The van der Waals surface area contributed by atoms with Crippen LogP contribution in [0.3, 0.4) is 0 Å². The monoisotopic (exact) mass is 268 g/mol. The summed E-state index contributed by atoms with van der Waals surface area (Å²) < 4.78 is 21.6.